The van der Waals surface area contributed by atoms with E-state index in [0.717, 1.165) is 49.5 Å². The Morgan fingerprint density at radius 2 is 1.70 bits per heavy atom. The third-order valence-electron chi connectivity index (χ3n) is 5.98. The molecule has 1 spiro atoms. The highest BCUT2D eigenvalue weighted by Crippen LogP contribution is 2.35. The maximum absolute atomic E-state index is 12.7. The lowest BCUT2D eigenvalue weighted by atomic mass is 9.88. The molecule has 2 aromatic carbocycles. The van der Waals surface area contributed by atoms with E-state index < -0.39 is 0 Å². The van der Waals surface area contributed by atoms with Crippen LogP contribution < -0.4 is 10.6 Å². The zero-order valence-corrected chi connectivity index (χ0v) is 18.9. The number of thiol groups is 1. The summed E-state index contributed by atoms with van der Waals surface area (Å²) in [5, 5.41) is 0. The fourth-order valence-electron chi connectivity index (χ4n) is 4.28. The molecule has 2 saturated heterocycles. The van der Waals surface area contributed by atoms with Gasteiger partial charge < -0.3 is 20.3 Å². The second-order valence-corrected chi connectivity index (χ2v) is 8.48. The minimum absolute atomic E-state index is 0.0619. The Hall–Kier alpha value is -1.86. The van der Waals surface area contributed by atoms with Crippen LogP contribution in [0.3, 0.4) is 0 Å². The van der Waals surface area contributed by atoms with Crippen LogP contribution in [0.15, 0.2) is 59.5 Å². The van der Waals surface area contributed by atoms with E-state index in [1.807, 2.05) is 42.2 Å². The molecular formula is C24H33N3O2S. The van der Waals surface area contributed by atoms with Crippen molar-refractivity contribution in [1.82, 2.24) is 4.90 Å². The predicted octanol–water partition coefficient (Wildman–Crippen LogP) is 3.38. The van der Waals surface area contributed by atoms with E-state index in [-0.39, 0.29) is 17.6 Å². The van der Waals surface area contributed by atoms with Gasteiger partial charge in [-0.1, -0.05) is 30.3 Å². The van der Waals surface area contributed by atoms with Crippen LogP contribution in [-0.4, -0.2) is 55.7 Å². The number of likely N-dealkylation sites (tertiary alicyclic amines) is 1. The third kappa shape index (κ3) is 5.43. The van der Waals surface area contributed by atoms with Crippen molar-refractivity contribution in [3.63, 3.8) is 0 Å². The first-order valence-corrected chi connectivity index (χ1v) is 11.1. The van der Waals surface area contributed by atoms with Crippen LogP contribution >= 0.6 is 12.6 Å². The van der Waals surface area contributed by atoms with Gasteiger partial charge in [-0.3, -0.25) is 4.79 Å². The number of hydrogen-bond acceptors (Lipinski definition) is 5. The van der Waals surface area contributed by atoms with Gasteiger partial charge >= 0.3 is 0 Å². The van der Waals surface area contributed by atoms with Crippen LogP contribution in [0.1, 0.15) is 25.3 Å². The molecule has 1 amide bonds. The van der Waals surface area contributed by atoms with Crippen LogP contribution in [-0.2, 0) is 16.0 Å². The van der Waals surface area contributed by atoms with Crippen molar-refractivity contribution in [2.45, 2.75) is 42.8 Å². The van der Waals surface area contributed by atoms with Gasteiger partial charge in [0.1, 0.15) is 6.10 Å². The summed E-state index contributed by atoms with van der Waals surface area (Å²) in [7, 11) is 1.50. The molecule has 5 nitrogen and oxygen atoms in total. The highest BCUT2D eigenvalue weighted by molar-refractivity contribution is 7.80. The Labute approximate surface area is 185 Å². The van der Waals surface area contributed by atoms with Crippen molar-refractivity contribution < 1.29 is 9.53 Å². The number of nitrogens with zero attached hydrogens (tertiary/aromatic N) is 2. The quantitative estimate of drug-likeness (QED) is 0.735. The lowest BCUT2D eigenvalue weighted by Gasteiger charge is -2.49. The molecule has 162 valence electrons. The van der Waals surface area contributed by atoms with Crippen LogP contribution in [0.4, 0.5) is 5.69 Å². The molecule has 2 N–H and O–H groups in total. The third-order valence-corrected chi connectivity index (χ3v) is 6.27. The Morgan fingerprint density at radius 3 is 2.33 bits per heavy atom. The zero-order valence-electron chi connectivity index (χ0n) is 18.0. The monoisotopic (exact) mass is 427 g/mol. The molecule has 1 atom stereocenters. The molecule has 2 aliphatic rings. The Morgan fingerprint density at radius 1 is 1.07 bits per heavy atom. The number of rotatable bonds is 4. The van der Waals surface area contributed by atoms with Gasteiger partial charge in [0.05, 0.1) is 12.1 Å². The molecule has 2 aromatic rings. The lowest BCUT2D eigenvalue weighted by Crippen LogP contribution is -2.61. The molecule has 0 aromatic heterocycles. The number of carbonyl (C=O) groups excluding carboxylic acids is 1. The standard InChI is InChI=1S/C23H28N2O2S.CH5N/c1-18-22(26)25(20-5-3-2-4-6-20)17-23(27-18)12-15-24(16-13-23)14-11-19-7-9-21(28)10-8-19;1-2/h2-10,18,28H,11-17H2,1H3;2H2,1H3. The topological polar surface area (TPSA) is 58.8 Å². The van der Waals surface area contributed by atoms with Gasteiger partial charge in [-0.2, -0.15) is 0 Å². The van der Waals surface area contributed by atoms with Gasteiger partial charge in [-0.05, 0) is 63.1 Å². The highest BCUT2D eigenvalue weighted by atomic mass is 32.1. The van der Waals surface area contributed by atoms with E-state index in [0.29, 0.717) is 6.54 Å². The van der Waals surface area contributed by atoms with Gasteiger partial charge in [0.25, 0.3) is 5.91 Å². The van der Waals surface area contributed by atoms with Crippen molar-refractivity contribution in [3.8, 4) is 0 Å². The molecule has 0 saturated carbocycles. The van der Waals surface area contributed by atoms with Crippen molar-refractivity contribution in [2.24, 2.45) is 5.73 Å². The smallest absolute Gasteiger partial charge is 0.255 e. The lowest BCUT2D eigenvalue weighted by molar-refractivity contribution is -0.161. The summed E-state index contributed by atoms with van der Waals surface area (Å²) in [5.74, 6) is 0.0619. The summed E-state index contributed by atoms with van der Waals surface area (Å²) in [5.41, 5.74) is 6.59. The maximum atomic E-state index is 12.7. The first-order valence-electron chi connectivity index (χ1n) is 10.7. The zero-order chi connectivity index (χ0) is 21.6. The van der Waals surface area contributed by atoms with E-state index in [4.69, 9.17) is 4.74 Å². The van der Waals surface area contributed by atoms with E-state index in [1.54, 1.807) is 0 Å². The molecular weight excluding hydrogens is 394 g/mol. The average Bonchev–Trinajstić information content (AvgIpc) is 2.79. The minimum atomic E-state index is -0.389. The number of nitrogens with two attached hydrogens (primary N) is 1. The molecule has 4 rings (SSSR count). The van der Waals surface area contributed by atoms with Crippen molar-refractivity contribution in [2.75, 3.05) is 38.1 Å². The van der Waals surface area contributed by atoms with Crippen LogP contribution in [0.5, 0.6) is 0 Å². The summed E-state index contributed by atoms with van der Waals surface area (Å²) in [6.45, 7) is 5.61. The second-order valence-electron chi connectivity index (χ2n) is 7.96. The predicted molar refractivity (Wildman–Crippen MR) is 125 cm³/mol. The number of benzene rings is 2. The number of anilines is 1. The highest BCUT2D eigenvalue weighted by Gasteiger charge is 2.45. The summed E-state index contributed by atoms with van der Waals surface area (Å²) in [6, 6.07) is 18.4. The molecule has 1 unspecified atom stereocenters. The van der Waals surface area contributed by atoms with Crippen molar-refractivity contribution >= 4 is 24.2 Å². The number of piperidine rings is 1. The van der Waals surface area contributed by atoms with Gasteiger partial charge in [-0.25, -0.2) is 0 Å². The number of amides is 1. The number of carbonyl (C=O) groups is 1. The van der Waals surface area contributed by atoms with Crippen molar-refractivity contribution in [3.05, 3.63) is 60.2 Å². The Kier molecular flexibility index (Phi) is 7.94. The van der Waals surface area contributed by atoms with Gasteiger partial charge in [0, 0.05) is 30.2 Å². The second kappa shape index (κ2) is 10.4. The minimum Gasteiger partial charge on any atom is -0.360 e. The molecule has 2 fully saturated rings. The first kappa shape index (κ1) is 22.8. The molecule has 0 bridgehead atoms. The van der Waals surface area contributed by atoms with Crippen LogP contribution in [0.25, 0.3) is 0 Å². The summed E-state index contributed by atoms with van der Waals surface area (Å²) in [6.07, 6.45) is 2.58. The number of hydrogen-bond donors (Lipinski definition) is 2. The van der Waals surface area contributed by atoms with Gasteiger partial charge in [0.15, 0.2) is 0 Å². The van der Waals surface area contributed by atoms with E-state index in [1.165, 1.54) is 12.6 Å². The number of ether oxygens (including phenoxy) is 1. The Bertz CT molecular complexity index is 805. The number of para-hydroxylation sites is 1. The van der Waals surface area contributed by atoms with Crippen LogP contribution in [0, 0.1) is 0 Å². The first-order chi connectivity index (χ1) is 14.5. The molecule has 2 aliphatic heterocycles. The molecule has 30 heavy (non-hydrogen) atoms. The Balaban J connectivity index is 0.00000124. The van der Waals surface area contributed by atoms with Gasteiger partial charge in [-0.15, -0.1) is 12.6 Å². The molecule has 0 radical (unpaired) electrons. The molecule has 6 heteroatoms. The fraction of sp³-hybridized carbons (Fsp3) is 0.458. The largest absolute Gasteiger partial charge is 0.360 e. The van der Waals surface area contributed by atoms with E-state index in [9.17, 15) is 4.79 Å². The fourth-order valence-corrected chi connectivity index (χ4v) is 4.43. The summed E-state index contributed by atoms with van der Waals surface area (Å²) < 4.78 is 6.28. The maximum Gasteiger partial charge on any atom is 0.255 e. The summed E-state index contributed by atoms with van der Waals surface area (Å²) >= 11 is 4.35. The van der Waals surface area contributed by atoms with E-state index in [2.05, 4.69) is 47.5 Å². The normalized spacial score (nSPS) is 21.3. The van der Waals surface area contributed by atoms with Crippen LogP contribution in [0.2, 0.25) is 0 Å². The van der Waals surface area contributed by atoms with E-state index >= 15 is 0 Å². The molecule has 0 aliphatic carbocycles. The summed E-state index contributed by atoms with van der Waals surface area (Å²) in [4.78, 5) is 18.1. The molecule has 2 heterocycles. The van der Waals surface area contributed by atoms with Crippen molar-refractivity contribution in [1.29, 1.82) is 0 Å². The van der Waals surface area contributed by atoms with Gasteiger partial charge in [0.2, 0.25) is 0 Å². The number of morpholine rings is 1. The average molecular weight is 428 g/mol. The SMILES string of the molecule is CC1OC2(CCN(CCc3ccc(S)cc3)CC2)CN(c2ccccc2)C1=O.CN.